The Labute approximate surface area is 236 Å². The minimum absolute atomic E-state index is 0.0263. The van der Waals surface area contributed by atoms with Gasteiger partial charge in [-0.2, -0.15) is 0 Å². The van der Waals surface area contributed by atoms with Crippen LogP contribution in [0.2, 0.25) is 5.02 Å². The number of ether oxygens (including phenoxy) is 3. The van der Waals surface area contributed by atoms with Crippen molar-refractivity contribution in [3.8, 4) is 17.2 Å². The van der Waals surface area contributed by atoms with Crippen LogP contribution in [-0.2, 0) is 22.7 Å². The Morgan fingerprint density at radius 2 is 1.70 bits per heavy atom. The summed E-state index contributed by atoms with van der Waals surface area (Å²) in [7, 11) is 0. The van der Waals surface area contributed by atoms with Crippen LogP contribution in [0.3, 0.4) is 0 Å². The molecule has 1 N–H and O–H groups in total. The lowest BCUT2D eigenvalue weighted by molar-refractivity contribution is -0.130. The lowest BCUT2D eigenvalue weighted by Crippen LogP contribution is -2.53. The van der Waals surface area contributed by atoms with E-state index < -0.39 is 23.7 Å². The van der Waals surface area contributed by atoms with Gasteiger partial charge in [0.15, 0.2) is 11.5 Å². The molecule has 1 aliphatic heterocycles. The quantitative estimate of drug-likeness (QED) is 0.229. The van der Waals surface area contributed by atoms with E-state index in [9.17, 15) is 18.8 Å². The van der Waals surface area contributed by atoms with Gasteiger partial charge in [0.2, 0.25) is 0 Å². The van der Waals surface area contributed by atoms with Crippen molar-refractivity contribution >= 4 is 35.5 Å². The summed E-state index contributed by atoms with van der Waals surface area (Å²) in [4.78, 5) is 39.3. The van der Waals surface area contributed by atoms with Crippen LogP contribution < -0.4 is 19.5 Å². The lowest BCUT2D eigenvalue weighted by atomic mass is 10.1. The first kappa shape index (κ1) is 28.6. The van der Waals surface area contributed by atoms with Crippen molar-refractivity contribution in [2.45, 2.75) is 33.4 Å². The van der Waals surface area contributed by atoms with Gasteiger partial charge in [-0.3, -0.25) is 19.8 Å². The summed E-state index contributed by atoms with van der Waals surface area (Å²) >= 11 is 6.35. The smallest absolute Gasteiger partial charge is 0.331 e. The Kier molecular flexibility index (Phi) is 9.39. The van der Waals surface area contributed by atoms with Gasteiger partial charge in [-0.05, 0) is 60.9 Å². The summed E-state index contributed by atoms with van der Waals surface area (Å²) in [5.74, 6) is -0.599. The number of amides is 4. The van der Waals surface area contributed by atoms with E-state index in [1.807, 2.05) is 13.8 Å². The van der Waals surface area contributed by atoms with Crippen LogP contribution >= 0.6 is 11.6 Å². The average molecular weight is 567 g/mol. The second kappa shape index (κ2) is 13.1. The third-order valence-corrected chi connectivity index (χ3v) is 6.20. The monoisotopic (exact) mass is 566 g/mol. The molecule has 208 valence electrons. The van der Waals surface area contributed by atoms with E-state index in [0.717, 1.165) is 11.3 Å². The molecule has 0 atom stereocenters. The normalized spacial score (nSPS) is 14.3. The van der Waals surface area contributed by atoms with Gasteiger partial charge >= 0.3 is 6.03 Å². The molecule has 3 aromatic carbocycles. The molecule has 1 heterocycles. The summed E-state index contributed by atoms with van der Waals surface area (Å²) in [6, 6.07) is 15.2. The van der Waals surface area contributed by atoms with Crippen LogP contribution in [0.1, 0.15) is 37.0 Å². The zero-order chi connectivity index (χ0) is 28.6. The Hall–Kier alpha value is -4.37. The Morgan fingerprint density at radius 3 is 2.42 bits per heavy atom. The van der Waals surface area contributed by atoms with Crippen molar-refractivity contribution in [3.63, 3.8) is 0 Å². The van der Waals surface area contributed by atoms with Gasteiger partial charge in [0, 0.05) is 5.56 Å². The summed E-state index contributed by atoms with van der Waals surface area (Å²) in [6.45, 7) is 4.65. The number of imide groups is 2. The largest absolute Gasteiger partial charge is 0.490 e. The molecular weight excluding hydrogens is 539 g/mol. The molecule has 3 aromatic rings. The Morgan fingerprint density at radius 1 is 0.925 bits per heavy atom. The molecule has 0 spiro atoms. The highest BCUT2D eigenvalue weighted by molar-refractivity contribution is 6.33. The van der Waals surface area contributed by atoms with E-state index in [1.165, 1.54) is 18.2 Å². The Bertz CT molecular complexity index is 1460. The second-order valence-electron chi connectivity index (χ2n) is 8.84. The molecule has 40 heavy (non-hydrogen) atoms. The number of carbonyl (C=O) groups is 3. The number of hydrogen-bond acceptors (Lipinski definition) is 6. The lowest BCUT2D eigenvalue weighted by Gasteiger charge is -2.26. The zero-order valence-electron chi connectivity index (χ0n) is 22.0. The number of urea groups is 1. The van der Waals surface area contributed by atoms with Crippen LogP contribution in [0.25, 0.3) is 6.08 Å². The van der Waals surface area contributed by atoms with Gasteiger partial charge in [0.05, 0.1) is 24.8 Å². The predicted molar refractivity (Wildman–Crippen MR) is 148 cm³/mol. The number of benzene rings is 3. The molecule has 1 fully saturated rings. The molecule has 0 aromatic heterocycles. The number of barbiturate groups is 1. The summed E-state index contributed by atoms with van der Waals surface area (Å²) in [6.07, 6.45) is 2.17. The molecule has 1 saturated heterocycles. The maximum atomic E-state index is 13.9. The molecule has 4 rings (SSSR count). The highest BCUT2D eigenvalue weighted by atomic mass is 35.5. The fourth-order valence-electron chi connectivity index (χ4n) is 3.93. The van der Waals surface area contributed by atoms with Crippen LogP contribution in [0.15, 0.2) is 66.2 Å². The van der Waals surface area contributed by atoms with E-state index in [0.29, 0.717) is 47.2 Å². The molecule has 0 saturated carbocycles. The van der Waals surface area contributed by atoms with Crippen molar-refractivity contribution < 1.29 is 33.0 Å². The van der Waals surface area contributed by atoms with E-state index in [4.69, 9.17) is 25.8 Å². The fraction of sp³-hybridized carbons (Fsp3) is 0.233. The molecule has 0 unspecified atom stereocenters. The number of hydrogen-bond donors (Lipinski definition) is 1. The molecule has 0 bridgehead atoms. The van der Waals surface area contributed by atoms with Crippen molar-refractivity contribution in [1.82, 2.24) is 10.2 Å². The van der Waals surface area contributed by atoms with Gasteiger partial charge in [-0.25, -0.2) is 9.18 Å². The highest BCUT2D eigenvalue weighted by Crippen LogP contribution is 2.31. The van der Waals surface area contributed by atoms with Crippen LogP contribution in [-0.4, -0.2) is 36.0 Å². The van der Waals surface area contributed by atoms with Gasteiger partial charge in [-0.15, -0.1) is 0 Å². The SMILES string of the molecule is CCCOc1ccc(CN2C(=O)NC(=O)/C(=C\c3ccc(OCc4ccccc4F)c(Cl)c3)C2=O)cc1OCC. The first-order valence-electron chi connectivity index (χ1n) is 12.7. The molecule has 0 aliphatic carbocycles. The molecule has 4 amide bonds. The average Bonchev–Trinajstić information content (AvgIpc) is 2.93. The van der Waals surface area contributed by atoms with Gasteiger partial charge in [0.1, 0.15) is 23.7 Å². The van der Waals surface area contributed by atoms with E-state index in [2.05, 4.69) is 5.32 Å². The second-order valence-corrected chi connectivity index (χ2v) is 9.25. The van der Waals surface area contributed by atoms with Crippen LogP contribution in [0, 0.1) is 5.82 Å². The molecular formula is C30H28ClFN2O6. The number of nitrogens with zero attached hydrogens (tertiary/aromatic N) is 1. The summed E-state index contributed by atoms with van der Waals surface area (Å²) in [5.41, 5.74) is 1.19. The van der Waals surface area contributed by atoms with Crippen molar-refractivity contribution in [2.75, 3.05) is 13.2 Å². The van der Waals surface area contributed by atoms with Crippen molar-refractivity contribution in [3.05, 3.63) is 93.8 Å². The Balaban J connectivity index is 1.51. The molecule has 8 nitrogen and oxygen atoms in total. The first-order valence-corrected chi connectivity index (χ1v) is 13.1. The zero-order valence-corrected chi connectivity index (χ0v) is 22.8. The predicted octanol–water partition coefficient (Wildman–Crippen LogP) is 5.91. The number of nitrogens with one attached hydrogen (secondary N) is 1. The van der Waals surface area contributed by atoms with E-state index in [-0.39, 0.29) is 23.7 Å². The van der Waals surface area contributed by atoms with E-state index in [1.54, 1.807) is 48.5 Å². The molecule has 10 heteroatoms. The maximum Gasteiger partial charge on any atom is 0.331 e. The van der Waals surface area contributed by atoms with Gasteiger partial charge in [-0.1, -0.05) is 48.9 Å². The maximum absolute atomic E-state index is 13.9. The number of rotatable bonds is 11. The molecule has 0 radical (unpaired) electrons. The van der Waals surface area contributed by atoms with E-state index >= 15 is 0 Å². The summed E-state index contributed by atoms with van der Waals surface area (Å²) in [5, 5.41) is 2.41. The number of halogens is 2. The first-order chi connectivity index (χ1) is 19.3. The minimum atomic E-state index is -0.827. The standard InChI is InChI=1S/C30H28ClFN2O6/c1-3-13-39-26-12-10-20(16-27(26)38-4-2)17-34-29(36)22(28(35)33-30(34)37)14-19-9-11-25(23(31)15-19)40-18-21-7-5-6-8-24(21)32/h5-12,14-16H,3-4,13,17-18H2,1-2H3,(H,33,35,37)/b22-14+. The minimum Gasteiger partial charge on any atom is -0.490 e. The third kappa shape index (κ3) is 6.79. The van der Waals surface area contributed by atoms with Gasteiger partial charge < -0.3 is 14.2 Å². The van der Waals surface area contributed by atoms with Crippen molar-refractivity contribution in [2.24, 2.45) is 0 Å². The highest BCUT2D eigenvalue weighted by Gasteiger charge is 2.35. The topological polar surface area (TPSA) is 94.2 Å². The molecule has 1 aliphatic rings. The fourth-order valence-corrected chi connectivity index (χ4v) is 4.18. The van der Waals surface area contributed by atoms with Crippen LogP contribution in [0.4, 0.5) is 9.18 Å². The van der Waals surface area contributed by atoms with Gasteiger partial charge in [0.25, 0.3) is 11.8 Å². The van der Waals surface area contributed by atoms with Crippen molar-refractivity contribution in [1.29, 1.82) is 0 Å². The number of carbonyl (C=O) groups excluding carboxylic acids is 3. The third-order valence-electron chi connectivity index (χ3n) is 5.90. The summed E-state index contributed by atoms with van der Waals surface area (Å²) < 4.78 is 30.9. The van der Waals surface area contributed by atoms with Crippen LogP contribution in [0.5, 0.6) is 17.2 Å².